The zero-order valence-electron chi connectivity index (χ0n) is 8.22. The minimum absolute atomic E-state index is 0.00498. The van der Waals surface area contributed by atoms with Crippen LogP contribution in [0.5, 0.6) is 5.75 Å². The number of carbonyl (C=O) groups is 1. The molecule has 0 saturated carbocycles. The first kappa shape index (κ1) is 10.1. The van der Waals surface area contributed by atoms with Crippen LogP contribution in [-0.2, 0) is 11.2 Å². The summed E-state index contributed by atoms with van der Waals surface area (Å²) >= 11 is 0. The van der Waals surface area contributed by atoms with Gasteiger partial charge in [0.05, 0.1) is 12.5 Å². The monoisotopic (exact) mass is 212 g/mol. The molecule has 2 rings (SSSR count). The van der Waals surface area contributed by atoms with E-state index in [2.05, 4.69) is 0 Å². The Labute approximate surface area is 85.9 Å². The van der Waals surface area contributed by atoms with Crippen molar-refractivity contribution in [2.24, 2.45) is 5.92 Å². The molecule has 0 aliphatic carbocycles. The molecule has 1 unspecified atom stereocenters. The Hall–Kier alpha value is -1.45. The number of ketones is 1. The second kappa shape index (κ2) is 3.61. The van der Waals surface area contributed by atoms with E-state index in [1.54, 1.807) is 0 Å². The number of Topliss-reactive ketones (excluding diaryl/α,β-unsaturated/α-hetero) is 1. The maximum Gasteiger partial charge on any atom is 0.162 e. The number of ether oxygens (including phenoxy) is 1. The Bertz CT molecular complexity index is 415. The Balaban J connectivity index is 2.34. The molecule has 80 valence electrons. The summed E-state index contributed by atoms with van der Waals surface area (Å²) in [5, 5.41) is 0. The lowest BCUT2D eigenvalue weighted by Crippen LogP contribution is -2.26. The number of halogens is 2. The van der Waals surface area contributed by atoms with Gasteiger partial charge < -0.3 is 4.74 Å². The van der Waals surface area contributed by atoms with E-state index in [0.29, 0.717) is 17.7 Å². The van der Waals surface area contributed by atoms with Gasteiger partial charge in [-0.1, -0.05) is 0 Å². The fourth-order valence-corrected chi connectivity index (χ4v) is 1.64. The SMILES string of the molecule is CC(=O)C1COc2cc(F)c(F)cc2C1. The van der Waals surface area contributed by atoms with Crippen molar-refractivity contribution in [2.75, 3.05) is 6.61 Å². The zero-order valence-corrected chi connectivity index (χ0v) is 8.22. The third kappa shape index (κ3) is 1.84. The van der Waals surface area contributed by atoms with Crippen LogP contribution in [0, 0.1) is 17.6 Å². The molecule has 1 aliphatic heterocycles. The molecule has 1 aromatic rings. The van der Waals surface area contributed by atoms with Crippen molar-refractivity contribution in [1.29, 1.82) is 0 Å². The minimum atomic E-state index is -0.921. The summed E-state index contributed by atoms with van der Waals surface area (Å²) in [7, 11) is 0. The van der Waals surface area contributed by atoms with Gasteiger partial charge in [-0.2, -0.15) is 0 Å². The molecule has 1 aliphatic rings. The highest BCUT2D eigenvalue weighted by Crippen LogP contribution is 2.29. The first-order valence-corrected chi connectivity index (χ1v) is 4.69. The standard InChI is InChI=1S/C11H10F2O2/c1-6(14)8-2-7-3-9(12)10(13)4-11(7)15-5-8/h3-4,8H,2,5H2,1H3. The average Bonchev–Trinajstić information content (AvgIpc) is 2.19. The number of carbonyl (C=O) groups excluding carboxylic acids is 1. The van der Waals surface area contributed by atoms with Crippen molar-refractivity contribution < 1.29 is 18.3 Å². The maximum absolute atomic E-state index is 12.9. The van der Waals surface area contributed by atoms with Crippen LogP contribution in [0.2, 0.25) is 0 Å². The van der Waals surface area contributed by atoms with Gasteiger partial charge in [-0.05, 0) is 25.0 Å². The molecule has 2 nitrogen and oxygen atoms in total. The molecule has 4 heteroatoms. The maximum atomic E-state index is 12.9. The molecule has 1 heterocycles. The summed E-state index contributed by atoms with van der Waals surface area (Å²) in [6.07, 6.45) is 0.419. The van der Waals surface area contributed by atoms with Crippen molar-refractivity contribution in [3.8, 4) is 5.75 Å². The highest BCUT2D eigenvalue weighted by Gasteiger charge is 2.24. The fourth-order valence-electron chi connectivity index (χ4n) is 1.64. The molecule has 15 heavy (non-hydrogen) atoms. The summed E-state index contributed by atoms with van der Waals surface area (Å²) in [4.78, 5) is 11.1. The summed E-state index contributed by atoms with van der Waals surface area (Å²) in [5.41, 5.74) is 0.556. The normalized spacial score (nSPS) is 19.3. The van der Waals surface area contributed by atoms with Crippen LogP contribution in [0.3, 0.4) is 0 Å². The summed E-state index contributed by atoms with van der Waals surface area (Å²) < 4.78 is 31.0. The second-order valence-corrected chi connectivity index (χ2v) is 3.70. The summed E-state index contributed by atoms with van der Waals surface area (Å²) in [6.45, 7) is 1.71. The topological polar surface area (TPSA) is 26.3 Å². The Morgan fingerprint density at radius 2 is 2.07 bits per heavy atom. The van der Waals surface area contributed by atoms with E-state index in [1.807, 2.05) is 0 Å². The van der Waals surface area contributed by atoms with Gasteiger partial charge in [0.2, 0.25) is 0 Å². The van der Waals surface area contributed by atoms with Crippen molar-refractivity contribution in [3.63, 3.8) is 0 Å². The number of hydrogen-bond acceptors (Lipinski definition) is 2. The third-order valence-electron chi connectivity index (χ3n) is 2.58. The molecule has 0 amide bonds. The van der Waals surface area contributed by atoms with Gasteiger partial charge in [0.1, 0.15) is 11.5 Å². The van der Waals surface area contributed by atoms with Crippen LogP contribution in [0.1, 0.15) is 12.5 Å². The van der Waals surface area contributed by atoms with Gasteiger partial charge in [-0.15, -0.1) is 0 Å². The molecule has 0 fully saturated rings. The van der Waals surface area contributed by atoms with E-state index in [9.17, 15) is 13.6 Å². The zero-order chi connectivity index (χ0) is 11.0. The molecule has 0 bridgehead atoms. The average molecular weight is 212 g/mol. The van der Waals surface area contributed by atoms with Crippen LogP contribution >= 0.6 is 0 Å². The smallest absolute Gasteiger partial charge is 0.162 e. The lowest BCUT2D eigenvalue weighted by Gasteiger charge is -2.23. The van der Waals surface area contributed by atoms with Crippen LogP contribution in [0.15, 0.2) is 12.1 Å². The summed E-state index contributed by atoms with van der Waals surface area (Å²) in [5.74, 6) is -1.73. The molecular weight excluding hydrogens is 202 g/mol. The van der Waals surface area contributed by atoms with Gasteiger partial charge in [-0.3, -0.25) is 4.79 Å². The lowest BCUT2D eigenvalue weighted by atomic mass is 9.94. The predicted molar refractivity (Wildman–Crippen MR) is 49.7 cm³/mol. The Morgan fingerprint density at radius 3 is 2.73 bits per heavy atom. The molecule has 0 spiro atoms. The molecule has 0 radical (unpaired) electrons. The van der Waals surface area contributed by atoms with Crippen molar-refractivity contribution >= 4 is 5.78 Å². The minimum Gasteiger partial charge on any atom is -0.492 e. The van der Waals surface area contributed by atoms with E-state index in [0.717, 1.165) is 12.1 Å². The number of hydrogen-bond donors (Lipinski definition) is 0. The third-order valence-corrected chi connectivity index (χ3v) is 2.58. The molecule has 1 aromatic carbocycles. The predicted octanol–water partition coefficient (Wildman–Crippen LogP) is 2.10. The lowest BCUT2D eigenvalue weighted by molar-refractivity contribution is -0.121. The quantitative estimate of drug-likeness (QED) is 0.712. The van der Waals surface area contributed by atoms with Crippen LogP contribution in [0.4, 0.5) is 8.78 Å². The Morgan fingerprint density at radius 1 is 1.40 bits per heavy atom. The fraction of sp³-hybridized carbons (Fsp3) is 0.364. The van der Waals surface area contributed by atoms with Crippen LogP contribution in [-0.4, -0.2) is 12.4 Å². The first-order valence-electron chi connectivity index (χ1n) is 4.69. The van der Waals surface area contributed by atoms with Gasteiger partial charge in [-0.25, -0.2) is 8.78 Å². The van der Waals surface area contributed by atoms with E-state index >= 15 is 0 Å². The van der Waals surface area contributed by atoms with Gasteiger partial charge in [0.25, 0.3) is 0 Å². The second-order valence-electron chi connectivity index (χ2n) is 3.70. The highest BCUT2D eigenvalue weighted by molar-refractivity contribution is 5.79. The van der Waals surface area contributed by atoms with Crippen molar-refractivity contribution in [1.82, 2.24) is 0 Å². The van der Waals surface area contributed by atoms with E-state index in [-0.39, 0.29) is 18.3 Å². The summed E-state index contributed by atoms with van der Waals surface area (Å²) in [6, 6.07) is 2.13. The number of fused-ring (bicyclic) bond motifs is 1. The molecule has 1 atom stereocenters. The number of benzene rings is 1. The van der Waals surface area contributed by atoms with E-state index in [1.165, 1.54) is 6.92 Å². The molecule has 0 N–H and O–H groups in total. The van der Waals surface area contributed by atoms with Crippen molar-refractivity contribution in [3.05, 3.63) is 29.3 Å². The molecule has 0 saturated heterocycles. The van der Waals surface area contributed by atoms with Crippen LogP contribution in [0.25, 0.3) is 0 Å². The van der Waals surface area contributed by atoms with E-state index < -0.39 is 11.6 Å². The largest absolute Gasteiger partial charge is 0.492 e. The van der Waals surface area contributed by atoms with Gasteiger partial charge in [0, 0.05) is 6.07 Å². The molecule has 0 aromatic heterocycles. The van der Waals surface area contributed by atoms with Crippen molar-refractivity contribution in [2.45, 2.75) is 13.3 Å². The van der Waals surface area contributed by atoms with Gasteiger partial charge in [0.15, 0.2) is 11.6 Å². The highest BCUT2D eigenvalue weighted by atomic mass is 19.2. The molecular formula is C11H10F2O2. The number of rotatable bonds is 1. The van der Waals surface area contributed by atoms with Gasteiger partial charge >= 0.3 is 0 Å². The van der Waals surface area contributed by atoms with E-state index in [4.69, 9.17) is 4.74 Å². The Kier molecular flexibility index (Phi) is 2.42. The van der Waals surface area contributed by atoms with Crippen LogP contribution < -0.4 is 4.74 Å². The first-order chi connectivity index (χ1) is 7.08.